The summed E-state index contributed by atoms with van der Waals surface area (Å²) in [6, 6.07) is 0. The van der Waals surface area contributed by atoms with Crippen molar-refractivity contribution in [3.63, 3.8) is 0 Å². The average molecular weight is 276 g/mol. The zero-order chi connectivity index (χ0) is 14.7. The van der Waals surface area contributed by atoms with E-state index in [1.54, 1.807) is 37.1 Å². The molecule has 0 saturated heterocycles. The molecule has 7 nitrogen and oxygen atoms in total. The highest BCUT2D eigenvalue weighted by Gasteiger charge is 2.21. The summed E-state index contributed by atoms with van der Waals surface area (Å²) in [4.78, 5) is 29.2. The molecule has 0 bridgehead atoms. The van der Waals surface area contributed by atoms with Crippen LogP contribution in [0.3, 0.4) is 0 Å². The van der Waals surface area contributed by atoms with Crippen LogP contribution in [0.1, 0.15) is 17.3 Å². The van der Waals surface area contributed by atoms with Crippen LogP contribution in [0.5, 0.6) is 0 Å². The number of hydrogen-bond acceptors (Lipinski definition) is 5. The summed E-state index contributed by atoms with van der Waals surface area (Å²) in [6.45, 7) is 2.00. The molecule has 0 N–H and O–H groups in total. The van der Waals surface area contributed by atoms with Crippen molar-refractivity contribution in [2.45, 2.75) is 6.92 Å². The van der Waals surface area contributed by atoms with Crippen LogP contribution in [-0.2, 0) is 9.53 Å². The highest BCUT2D eigenvalue weighted by molar-refractivity contribution is 6.00. The Kier molecular flexibility index (Phi) is 3.97. The predicted octanol–water partition coefficient (Wildman–Crippen LogP) is 0.610. The minimum absolute atomic E-state index is 0.205. The van der Waals surface area contributed by atoms with Gasteiger partial charge in [-0.2, -0.15) is 5.10 Å². The van der Waals surface area contributed by atoms with Gasteiger partial charge < -0.3 is 9.64 Å². The topological polar surface area (TPSA) is 76.8 Å². The number of hydrogen-bond donors (Lipinski definition) is 0. The van der Waals surface area contributed by atoms with E-state index in [1.807, 2.05) is 0 Å². The Hall–Kier alpha value is -2.44. The van der Waals surface area contributed by atoms with E-state index in [4.69, 9.17) is 0 Å². The molecular weight excluding hydrogens is 260 g/mol. The van der Waals surface area contributed by atoms with Crippen molar-refractivity contribution >= 4 is 17.4 Å². The summed E-state index contributed by atoms with van der Waals surface area (Å²) in [6.07, 6.45) is 6.34. The van der Waals surface area contributed by atoms with Crippen LogP contribution in [0, 0.1) is 5.92 Å². The van der Waals surface area contributed by atoms with Crippen molar-refractivity contribution in [3.05, 3.63) is 30.4 Å². The summed E-state index contributed by atoms with van der Waals surface area (Å²) < 4.78 is 6.23. The lowest BCUT2D eigenvalue weighted by Gasteiger charge is -2.19. The second kappa shape index (κ2) is 5.68. The van der Waals surface area contributed by atoms with Gasteiger partial charge >= 0.3 is 5.97 Å². The Balaban J connectivity index is 2.16. The van der Waals surface area contributed by atoms with Crippen LogP contribution >= 0.6 is 0 Å². The highest BCUT2D eigenvalue weighted by Crippen LogP contribution is 2.12. The SMILES string of the molecule is COC(=O)C(C)CN(C)C(=O)c1cnn2ccncc12. The molecule has 0 aliphatic rings. The van der Waals surface area contributed by atoms with Gasteiger partial charge in [-0.1, -0.05) is 6.92 Å². The Morgan fingerprint density at radius 3 is 2.90 bits per heavy atom. The van der Waals surface area contributed by atoms with E-state index in [0.717, 1.165) is 0 Å². The molecule has 1 atom stereocenters. The molecule has 0 spiro atoms. The number of carbonyl (C=O) groups is 2. The second-order valence-electron chi connectivity index (χ2n) is 4.57. The van der Waals surface area contributed by atoms with E-state index in [0.29, 0.717) is 11.1 Å². The number of fused-ring (bicyclic) bond motifs is 1. The van der Waals surface area contributed by atoms with Crippen LogP contribution in [0.2, 0.25) is 0 Å². The average Bonchev–Trinajstić information content (AvgIpc) is 2.89. The largest absolute Gasteiger partial charge is 0.469 e. The third kappa shape index (κ3) is 2.61. The van der Waals surface area contributed by atoms with Crippen molar-refractivity contribution in [1.82, 2.24) is 19.5 Å². The summed E-state index contributed by atoms with van der Waals surface area (Å²) in [7, 11) is 2.97. The van der Waals surface area contributed by atoms with Gasteiger partial charge in [-0.05, 0) is 0 Å². The number of nitrogens with zero attached hydrogens (tertiary/aromatic N) is 4. The summed E-state index contributed by atoms with van der Waals surface area (Å²) >= 11 is 0. The zero-order valence-electron chi connectivity index (χ0n) is 11.6. The van der Waals surface area contributed by atoms with Gasteiger partial charge in [0.25, 0.3) is 5.91 Å². The van der Waals surface area contributed by atoms with Crippen LogP contribution in [-0.4, -0.2) is 52.1 Å². The third-order valence-electron chi connectivity index (χ3n) is 3.05. The molecule has 1 amide bonds. The van der Waals surface area contributed by atoms with Crippen molar-refractivity contribution in [2.75, 3.05) is 20.7 Å². The molecule has 0 radical (unpaired) electrons. The lowest BCUT2D eigenvalue weighted by Crippen LogP contribution is -2.34. The normalized spacial score (nSPS) is 12.2. The second-order valence-corrected chi connectivity index (χ2v) is 4.57. The van der Waals surface area contributed by atoms with Gasteiger partial charge in [0.1, 0.15) is 0 Å². The Bertz CT molecular complexity index is 637. The summed E-state index contributed by atoms with van der Waals surface area (Å²) in [5.41, 5.74) is 1.09. The maximum Gasteiger partial charge on any atom is 0.310 e. The number of methoxy groups -OCH3 is 1. The van der Waals surface area contributed by atoms with Gasteiger partial charge in [-0.25, -0.2) is 4.52 Å². The van der Waals surface area contributed by atoms with Crippen LogP contribution in [0.4, 0.5) is 0 Å². The molecule has 20 heavy (non-hydrogen) atoms. The minimum Gasteiger partial charge on any atom is -0.469 e. The molecule has 7 heteroatoms. The number of amides is 1. The van der Waals surface area contributed by atoms with Gasteiger partial charge in [-0.15, -0.1) is 0 Å². The van der Waals surface area contributed by atoms with E-state index in [1.165, 1.54) is 18.2 Å². The van der Waals surface area contributed by atoms with Gasteiger partial charge in [0.15, 0.2) is 0 Å². The molecule has 0 fully saturated rings. The fraction of sp³-hybridized carbons (Fsp3) is 0.385. The van der Waals surface area contributed by atoms with Crippen molar-refractivity contribution in [2.24, 2.45) is 5.92 Å². The highest BCUT2D eigenvalue weighted by atomic mass is 16.5. The summed E-state index contributed by atoms with van der Waals surface area (Å²) in [5, 5.41) is 4.09. The smallest absolute Gasteiger partial charge is 0.310 e. The predicted molar refractivity (Wildman–Crippen MR) is 71.1 cm³/mol. The molecular formula is C13H16N4O3. The van der Waals surface area contributed by atoms with E-state index in [2.05, 4.69) is 14.8 Å². The third-order valence-corrected chi connectivity index (χ3v) is 3.05. The molecule has 1 unspecified atom stereocenters. The molecule has 0 aromatic carbocycles. The van der Waals surface area contributed by atoms with Crippen LogP contribution in [0.25, 0.3) is 5.52 Å². The summed E-state index contributed by atoms with van der Waals surface area (Å²) in [5.74, 6) is -0.927. The van der Waals surface area contributed by atoms with E-state index in [9.17, 15) is 9.59 Å². The van der Waals surface area contributed by atoms with Crippen molar-refractivity contribution in [3.8, 4) is 0 Å². The Morgan fingerprint density at radius 2 is 2.20 bits per heavy atom. The van der Waals surface area contributed by atoms with Crippen LogP contribution < -0.4 is 0 Å². The number of ether oxygens (including phenoxy) is 1. The van der Waals surface area contributed by atoms with Gasteiger partial charge in [-0.3, -0.25) is 14.6 Å². The fourth-order valence-corrected chi connectivity index (χ4v) is 1.97. The van der Waals surface area contributed by atoms with Gasteiger partial charge in [0, 0.05) is 26.0 Å². The number of aromatic nitrogens is 3. The van der Waals surface area contributed by atoms with Gasteiger partial charge in [0.05, 0.1) is 36.5 Å². The lowest BCUT2D eigenvalue weighted by molar-refractivity contribution is -0.145. The maximum atomic E-state index is 12.4. The molecule has 0 aliphatic heterocycles. The lowest BCUT2D eigenvalue weighted by atomic mass is 10.1. The molecule has 0 aliphatic carbocycles. The quantitative estimate of drug-likeness (QED) is 0.765. The molecule has 106 valence electrons. The maximum absolute atomic E-state index is 12.4. The van der Waals surface area contributed by atoms with E-state index < -0.39 is 0 Å². The first-order chi connectivity index (χ1) is 9.54. The van der Waals surface area contributed by atoms with E-state index >= 15 is 0 Å². The standard InChI is InChI=1S/C13H16N4O3/c1-9(13(19)20-3)8-16(2)12(18)10-6-15-17-5-4-14-7-11(10)17/h4-7,9H,8H2,1-3H3. The molecule has 2 aromatic rings. The van der Waals surface area contributed by atoms with Gasteiger partial charge in [0.2, 0.25) is 0 Å². The van der Waals surface area contributed by atoms with Crippen molar-refractivity contribution in [1.29, 1.82) is 0 Å². The Morgan fingerprint density at radius 1 is 1.45 bits per heavy atom. The van der Waals surface area contributed by atoms with Crippen LogP contribution in [0.15, 0.2) is 24.8 Å². The number of esters is 1. The molecule has 0 saturated carbocycles. The number of carbonyl (C=O) groups excluding carboxylic acids is 2. The van der Waals surface area contributed by atoms with E-state index in [-0.39, 0.29) is 24.3 Å². The first kappa shape index (κ1) is 14.0. The zero-order valence-corrected chi connectivity index (χ0v) is 11.6. The monoisotopic (exact) mass is 276 g/mol. The Labute approximate surface area is 116 Å². The van der Waals surface area contributed by atoms with Crippen molar-refractivity contribution < 1.29 is 14.3 Å². The molecule has 2 rings (SSSR count). The first-order valence-electron chi connectivity index (χ1n) is 6.15. The molecule has 2 aromatic heterocycles. The number of rotatable bonds is 4. The molecule has 2 heterocycles. The fourth-order valence-electron chi connectivity index (χ4n) is 1.97. The minimum atomic E-state index is -0.381. The first-order valence-corrected chi connectivity index (χ1v) is 6.15.